The molecule has 0 aliphatic heterocycles. The molecule has 0 fully saturated rings. The molecule has 0 amide bonds. The lowest BCUT2D eigenvalue weighted by Crippen LogP contribution is -2.14. The molecule has 0 N–H and O–H groups in total. The van der Waals surface area contributed by atoms with Crippen LogP contribution in [0.5, 0.6) is 5.75 Å². The maximum absolute atomic E-state index is 15.4. The van der Waals surface area contributed by atoms with Gasteiger partial charge >= 0.3 is 0 Å². The van der Waals surface area contributed by atoms with Crippen molar-refractivity contribution in [3.63, 3.8) is 0 Å². The van der Waals surface area contributed by atoms with Gasteiger partial charge in [0.15, 0.2) is 0 Å². The van der Waals surface area contributed by atoms with Crippen LogP contribution in [0, 0.1) is 5.82 Å². The molecule has 3 aromatic rings. The highest BCUT2D eigenvalue weighted by Crippen LogP contribution is 2.37. The maximum atomic E-state index is 15.4. The van der Waals surface area contributed by atoms with Crippen LogP contribution in [0.15, 0.2) is 61.2 Å². The smallest absolute Gasteiger partial charge is 0.134 e. The Balaban J connectivity index is 1.53. The first-order valence-electron chi connectivity index (χ1n) is 11.3. The average Bonchev–Trinajstić information content (AvgIpc) is 2.78. The first-order chi connectivity index (χ1) is 14.7. The Bertz CT molecular complexity index is 1040. The molecule has 1 aliphatic carbocycles. The second-order valence-electron chi connectivity index (χ2n) is 8.42. The number of benzene rings is 3. The van der Waals surface area contributed by atoms with Crippen LogP contribution in [0.1, 0.15) is 60.8 Å². The van der Waals surface area contributed by atoms with Gasteiger partial charge in [-0.15, -0.1) is 6.58 Å². The minimum atomic E-state index is -0.0348. The van der Waals surface area contributed by atoms with E-state index in [2.05, 4.69) is 43.8 Å². The molecule has 1 unspecified atom stereocenters. The lowest BCUT2D eigenvalue weighted by Gasteiger charge is -2.26. The number of rotatable bonds is 8. The monoisotopic (exact) mass is 402 g/mol. The van der Waals surface area contributed by atoms with E-state index in [9.17, 15) is 0 Å². The van der Waals surface area contributed by atoms with Crippen LogP contribution in [0.3, 0.4) is 0 Å². The average molecular weight is 403 g/mol. The van der Waals surface area contributed by atoms with E-state index >= 15 is 4.39 Å². The zero-order chi connectivity index (χ0) is 20.9. The third-order valence-corrected chi connectivity index (χ3v) is 6.30. The molecule has 0 bridgehead atoms. The van der Waals surface area contributed by atoms with Crippen LogP contribution in [0.25, 0.3) is 10.8 Å². The highest BCUT2D eigenvalue weighted by molar-refractivity contribution is 5.84. The molecule has 0 saturated carbocycles. The Morgan fingerprint density at radius 1 is 1.10 bits per heavy atom. The minimum Gasteiger partial charge on any atom is -0.493 e. The number of unbranched alkanes of at least 4 members (excludes halogenated alkanes) is 1. The molecule has 1 atom stereocenters. The van der Waals surface area contributed by atoms with Crippen LogP contribution >= 0.6 is 0 Å². The summed E-state index contributed by atoms with van der Waals surface area (Å²) in [5.41, 5.74) is 4.82. The summed E-state index contributed by atoms with van der Waals surface area (Å²) < 4.78 is 21.2. The van der Waals surface area contributed by atoms with Gasteiger partial charge in [0, 0.05) is 5.39 Å². The van der Waals surface area contributed by atoms with Gasteiger partial charge in [-0.05, 0) is 84.2 Å². The number of hydrogen-bond donors (Lipinski definition) is 0. The van der Waals surface area contributed by atoms with Gasteiger partial charge in [-0.3, -0.25) is 0 Å². The summed E-state index contributed by atoms with van der Waals surface area (Å²) in [5, 5.41) is 1.77. The molecule has 2 heteroatoms. The Hall–Kier alpha value is -2.61. The van der Waals surface area contributed by atoms with Crippen molar-refractivity contribution in [3.8, 4) is 5.75 Å². The van der Waals surface area contributed by atoms with Crippen LogP contribution in [-0.2, 0) is 19.3 Å². The third kappa shape index (κ3) is 4.43. The first kappa shape index (κ1) is 20.7. The number of fused-ring (bicyclic) bond motifs is 2. The number of hydrogen-bond acceptors (Lipinski definition) is 1. The normalized spacial score (nSPS) is 15.7. The minimum absolute atomic E-state index is 0.0348. The molecular formula is C28H31FO. The molecule has 4 rings (SSSR count). The molecule has 1 nitrogen and oxygen atoms in total. The van der Waals surface area contributed by atoms with Crippen LogP contribution in [-0.4, -0.2) is 6.61 Å². The van der Waals surface area contributed by atoms with Crippen molar-refractivity contribution < 1.29 is 9.13 Å². The summed E-state index contributed by atoms with van der Waals surface area (Å²) in [6, 6.07) is 16.7. The lowest BCUT2D eigenvalue weighted by atomic mass is 9.79. The summed E-state index contributed by atoms with van der Waals surface area (Å²) >= 11 is 0. The van der Waals surface area contributed by atoms with Gasteiger partial charge in [0.05, 0.1) is 6.61 Å². The van der Waals surface area contributed by atoms with Crippen LogP contribution in [0.2, 0.25) is 0 Å². The summed E-state index contributed by atoms with van der Waals surface area (Å²) in [4.78, 5) is 0. The van der Waals surface area contributed by atoms with Crippen molar-refractivity contribution in [1.82, 2.24) is 0 Å². The van der Waals surface area contributed by atoms with Gasteiger partial charge in [-0.2, -0.15) is 0 Å². The zero-order valence-corrected chi connectivity index (χ0v) is 17.9. The summed E-state index contributed by atoms with van der Waals surface area (Å²) in [6.07, 6.45) is 8.96. The van der Waals surface area contributed by atoms with Crippen LogP contribution < -0.4 is 4.74 Å². The predicted octanol–water partition coefficient (Wildman–Crippen LogP) is 7.55. The lowest BCUT2D eigenvalue weighted by molar-refractivity contribution is 0.324. The topological polar surface area (TPSA) is 9.23 Å². The van der Waals surface area contributed by atoms with E-state index in [0.717, 1.165) is 54.2 Å². The molecule has 0 aromatic heterocycles. The summed E-state index contributed by atoms with van der Waals surface area (Å²) in [5.74, 6) is 1.12. The third-order valence-electron chi connectivity index (χ3n) is 6.30. The Morgan fingerprint density at radius 3 is 2.83 bits per heavy atom. The van der Waals surface area contributed by atoms with Gasteiger partial charge < -0.3 is 4.74 Å². The molecule has 1 aliphatic rings. The molecule has 156 valence electrons. The van der Waals surface area contributed by atoms with Crippen molar-refractivity contribution in [3.05, 3.63) is 89.3 Å². The first-order valence-corrected chi connectivity index (χ1v) is 11.3. The van der Waals surface area contributed by atoms with Crippen LogP contribution in [0.4, 0.5) is 4.39 Å². The number of halogens is 1. The Kier molecular flexibility index (Phi) is 6.52. The van der Waals surface area contributed by atoms with Gasteiger partial charge in [0.2, 0.25) is 0 Å². The fourth-order valence-corrected chi connectivity index (χ4v) is 4.56. The van der Waals surface area contributed by atoms with Crippen molar-refractivity contribution in [1.29, 1.82) is 0 Å². The van der Waals surface area contributed by atoms with Crippen molar-refractivity contribution in [2.75, 3.05) is 6.61 Å². The van der Waals surface area contributed by atoms with E-state index in [1.807, 2.05) is 24.3 Å². The van der Waals surface area contributed by atoms with Gasteiger partial charge in [0.25, 0.3) is 0 Å². The van der Waals surface area contributed by atoms with E-state index in [4.69, 9.17) is 4.74 Å². The van der Waals surface area contributed by atoms with Gasteiger partial charge in [-0.1, -0.05) is 55.8 Å². The Morgan fingerprint density at radius 2 is 2.00 bits per heavy atom. The fraction of sp³-hybridized carbons (Fsp3) is 0.357. The van der Waals surface area contributed by atoms with Crippen molar-refractivity contribution >= 4 is 10.8 Å². The standard InChI is InChI=1S/C28H31FO/c1-3-5-7-20-8-14-26-23(17-20)12-15-27(28(26)29)24-10-9-22-19-25(30-16-6-4-2)13-11-21(22)18-24/h4,8,11-15,17,19,24H,2-3,5-7,9-10,16,18H2,1H3. The highest BCUT2D eigenvalue weighted by Gasteiger charge is 2.24. The quantitative estimate of drug-likeness (QED) is 0.279. The van der Waals surface area contributed by atoms with Crippen molar-refractivity contribution in [2.45, 2.75) is 57.8 Å². The van der Waals surface area contributed by atoms with E-state index < -0.39 is 0 Å². The fourth-order valence-electron chi connectivity index (χ4n) is 4.56. The van der Waals surface area contributed by atoms with E-state index in [1.165, 1.54) is 29.5 Å². The van der Waals surface area contributed by atoms with Gasteiger partial charge in [0.1, 0.15) is 11.6 Å². The molecule has 0 radical (unpaired) electrons. The SMILES string of the molecule is C=CCCOc1ccc2c(c1)CCC(c1ccc3cc(CCCC)ccc3c1F)C2. The van der Waals surface area contributed by atoms with E-state index in [-0.39, 0.29) is 11.7 Å². The van der Waals surface area contributed by atoms with E-state index in [1.54, 1.807) is 0 Å². The molecule has 0 spiro atoms. The molecule has 3 aromatic carbocycles. The largest absolute Gasteiger partial charge is 0.493 e. The molecule has 0 saturated heterocycles. The molecular weight excluding hydrogens is 371 g/mol. The molecule has 30 heavy (non-hydrogen) atoms. The zero-order valence-electron chi connectivity index (χ0n) is 17.9. The number of ether oxygens (including phenoxy) is 1. The second-order valence-corrected chi connectivity index (χ2v) is 8.42. The second kappa shape index (κ2) is 9.47. The summed E-state index contributed by atoms with van der Waals surface area (Å²) in [6.45, 7) is 6.59. The van der Waals surface area contributed by atoms with Crippen molar-refractivity contribution in [2.24, 2.45) is 0 Å². The Labute approximate surface area is 179 Å². The highest BCUT2D eigenvalue weighted by atomic mass is 19.1. The van der Waals surface area contributed by atoms with E-state index in [0.29, 0.717) is 6.61 Å². The van der Waals surface area contributed by atoms with Gasteiger partial charge in [-0.25, -0.2) is 4.39 Å². The summed E-state index contributed by atoms with van der Waals surface area (Å²) in [7, 11) is 0. The predicted molar refractivity (Wildman–Crippen MR) is 124 cm³/mol. The molecule has 0 heterocycles. The maximum Gasteiger partial charge on any atom is 0.134 e. The number of aryl methyl sites for hydroxylation is 2.